The molecule has 2 rings (SSSR count). The van der Waals surface area contributed by atoms with Gasteiger partial charge in [0.1, 0.15) is 11.6 Å². The summed E-state index contributed by atoms with van der Waals surface area (Å²) in [4.78, 5) is 0. The van der Waals surface area contributed by atoms with Crippen LogP contribution in [0, 0.1) is 18.6 Å². The lowest BCUT2D eigenvalue weighted by Gasteiger charge is -2.21. The zero-order valence-electron chi connectivity index (χ0n) is 12.1. The fourth-order valence-corrected chi connectivity index (χ4v) is 2.67. The van der Waals surface area contributed by atoms with Crippen LogP contribution in [0.1, 0.15) is 29.7 Å². The standard InChI is InChI=1S/C17H18ClF2N/c1-3-21-16(12-7-4-6-11(2)17(12)18)10-13-14(19)8-5-9-15(13)20/h4-9,16,21H,3,10H2,1-2H3. The minimum Gasteiger partial charge on any atom is -0.310 e. The highest BCUT2D eigenvalue weighted by Crippen LogP contribution is 2.29. The van der Waals surface area contributed by atoms with Crippen molar-refractivity contribution in [3.05, 3.63) is 69.7 Å². The predicted molar refractivity (Wildman–Crippen MR) is 82.7 cm³/mol. The minimum atomic E-state index is -0.526. The largest absolute Gasteiger partial charge is 0.310 e. The third-order valence-electron chi connectivity index (χ3n) is 3.52. The molecule has 0 aliphatic rings. The molecule has 1 nitrogen and oxygen atoms in total. The van der Waals surface area contributed by atoms with E-state index in [4.69, 9.17) is 11.6 Å². The first-order chi connectivity index (χ1) is 10.0. The zero-order valence-corrected chi connectivity index (χ0v) is 12.8. The van der Waals surface area contributed by atoms with Gasteiger partial charge in [0.15, 0.2) is 0 Å². The first-order valence-electron chi connectivity index (χ1n) is 6.95. The van der Waals surface area contributed by atoms with Gasteiger partial charge in [0, 0.05) is 16.6 Å². The Kier molecular flexibility index (Phi) is 5.32. The lowest BCUT2D eigenvalue weighted by Crippen LogP contribution is -2.24. The minimum absolute atomic E-state index is 0.0843. The van der Waals surface area contributed by atoms with Crippen molar-refractivity contribution in [1.82, 2.24) is 5.32 Å². The molecule has 0 saturated carbocycles. The molecule has 1 unspecified atom stereocenters. The number of halogens is 3. The highest BCUT2D eigenvalue weighted by molar-refractivity contribution is 6.32. The van der Waals surface area contributed by atoms with Crippen LogP contribution in [0.15, 0.2) is 36.4 Å². The van der Waals surface area contributed by atoms with E-state index in [2.05, 4.69) is 5.32 Å². The van der Waals surface area contributed by atoms with Crippen LogP contribution in [0.3, 0.4) is 0 Å². The summed E-state index contributed by atoms with van der Waals surface area (Å²) in [7, 11) is 0. The highest BCUT2D eigenvalue weighted by Gasteiger charge is 2.19. The van der Waals surface area contributed by atoms with Gasteiger partial charge in [-0.15, -0.1) is 0 Å². The van der Waals surface area contributed by atoms with Crippen molar-refractivity contribution in [2.45, 2.75) is 26.3 Å². The number of benzene rings is 2. The Morgan fingerprint density at radius 1 is 1.10 bits per heavy atom. The average Bonchev–Trinajstić information content (AvgIpc) is 2.45. The third-order valence-corrected chi connectivity index (χ3v) is 4.03. The monoisotopic (exact) mass is 309 g/mol. The van der Waals surface area contributed by atoms with Crippen LogP contribution in [0.2, 0.25) is 5.02 Å². The Balaban J connectivity index is 2.38. The second kappa shape index (κ2) is 7.01. The fourth-order valence-electron chi connectivity index (χ4n) is 2.41. The zero-order chi connectivity index (χ0) is 15.4. The van der Waals surface area contributed by atoms with Gasteiger partial charge in [-0.05, 0) is 43.1 Å². The Bertz CT molecular complexity index is 608. The van der Waals surface area contributed by atoms with E-state index in [9.17, 15) is 8.78 Å². The molecule has 0 spiro atoms. The maximum absolute atomic E-state index is 13.8. The smallest absolute Gasteiger partial charge is 0.129 e. The Labute approximate surface area is 128 Å². The molecule has 0 amide bonds. The molecule has 0 aliphatic heterocycles. The molecular formula is C17H18ClF2N. The van der Waals surface area contributed by atoms with Crippen molar-refractivity contribution in [2.24, 2.45) is 0 Å². The van der Waals surface area contributed by atoms with E-state index in [1.165, 1.54) is 18.2 Å². The van der Waals surface area contributed by atoms with E-state index in [1.54, 1.807) is 0 Å². The second-order valence-electron chi connectivity index (χ2n) is 4.99. The molecule has 1 atom stereocenters. The molecule has 0 aromatic heterocycles. The quantitative estimate of drug-likeness (QED) is 0.835. The molecule has 112 valence electrons. The van der Waals surface area contributed by atoms with Gasteiger partial charge in [0.25, 0.3) is 0 Å². The normalized spacial score (nSPS) is 12.4. The summed E-state index contributed by atoms with van der Waals surface area (Å²) in [5.74, 6) is -1.05. The summed E-state index contributed by atoms with van der Waals surface area (Å²) >= 11 is 6.34. The van der Waals surface area contributed by atoms with Crippen LogP contribution in [-0.4, -0.2) is 6.54 Å². The van der Waals surface area contributed by atoms with Gasteiger partial charge in [-0.1, -0.05) is 42.8 Å². The summed E-state index contributed by atoms with van der Waals surface area (Å²) in [5, 5.41) is 3.89. The van der Waals surface area contributed by atoms with E-state index < -0.39 is 11.6 Å². The number of likely N-dealkylation sites (N-methyl/N-ethyl adjacent to an activating group) is 1. The van der Waals surface area contributed by atoms with E-state index in [0.29, 0.717) is 11.6 Å². The van der Waals surface area contributed by atoms with E-state index >= 15 is 0 Å². The number of rotatable bonds is 5. The summed E-state index contributed by atoms with van der Waals surface area (Å²) < 4.78 is 27.7. The van der Waals surface area contributed by atoms with E-state index in [-0.39, 0.29) is 18.0 Å². The average molecular weight is 310 g/mol. The Morgan fingerprint density at radius 2 is 1.71 bits per heavy atom. The van der Waals surface area contributed by atoms with Gasteiger partial charge in [-0.2, -0.15) is 0 Å². The second-order valence-corrected chi connectivity index (χ2v) is 5.37. The number of hydrogen-bond donors (Lipinski definition) is 1. The maximum atomic E-state index is 13.8. The molecular weight excluding hydrogens is 292 g/mol. The van der Waals surface area contributed by atoms with Gasteiger partial charge in [-0.3, -0.25) is 0 Å². The molecule has 2 aromatic rings. The molecule has 21 heavy (non-hydrogen) atoms. The third kappa shape index (κ3) is 3.60. The molecule has 0 bridgehead atoms. The molecule has 0 fully saturated rings. The van der Waals surface area contributed by atoms with Crippen LogP contribution >= 0.6 is 11.6 Å². The lowest BCUT2D eigenvalue weighted by molar-refractivity contribution is 0.499. The molecule has 1 N–H and O–H groups in total. The maximum Gasteiger partial charge on any atom is 0.129 e. The predicted octanol–water partition coefficient (Wildman–Crippen LogP) is 4.82. The van der Waals surface area contributed by atoms with Crippen LogP contribution in [-0.2, 0) is 6.42 Å². The fraction of sp³-hybridized carbons (Fsp3) is 0.294. The van der Waals surface area contributed by atoms with E-state index in [0.717, 1.165) is 11.1 Å². The summed E-state index contributed by atoms with van der Waals surface area (Å²) in [6.07, 6.45) is 0.218. The summed E-state index contributed by atoms with van der Waals surface area (Å²) in [5.41, 5.74) is 1.90. The SMILES string of the molecule is CCNC(Cc1c(F)cccc1F)c1cccc(C)c1Cl. The van der Waals surface area contributed by atoms with Crippen LogP contribution < -0.4 is 5.32 Å². The van der Waals surface area contributed by atoms with Crippen molar-refractivity contribution in [2.75, 3.05) is 6.54 Å². The Morgan fingerprint density at radius 3 is 2.33 bits per heavy atom. The van der Waals surface area contributed by atoms with Crippen molar-refractivity contribution >= 4 is 11.6 Å². The molecule has 0 heterocycles. The first kappa shape index (κ1) is 15.9. The number of hydrogen-bond acceptors (Lipinski definition) is 1. The van der Waals surface area contributed by atoms with E-state index in [1.807, 2.05) is 32.0 Å². The molecule has 0 saturated heterocycles. The highest BCUT2D eigenvalue weighted by atomic mass is 35.5. The van der Waals surface area contributed by atoms with Gasteiger partial charge in [-0.25, -0.2) is 8.78 Å². The van der Waals surface area contributed by atoms with Crippen LogP contribution in [0.5, 0.6) is 0 Å². The summed E-state index contributed by atoms with van der Waals surface area (Å²) in [6.45, 7) is 4.55. The topological polar surface area (TPSA) is 12.0 Å². The van der Waals surface area contributed by atoms with Crippen molar-refractivity contribution in [3.8, 4) is 0 Å². The van der Waals surface area contributed by atoms with Crippen LogP contribution in [0.25, 0.3) is 0 Å². The number of aryl methyl sites for hydroxylation is 1. The van der Waals surface area contributed by atoms with Crippen molar-refractivity contribution in [1.29, 1.82) is 0 Å². The van der Waals surface area contributed by atoms with Gasteiger partial charge in [0.2, 0.25) is 0 Å². The molecule has 2 aromatic carbocycles. The van der Waals surface area contributed by atoms with Crippen molar-refractivity contribution in [3.63, 3.8) is 0 Å². The molecule has 0 aliphatic carbocycles. The lowest BCUT2D eigenvalue weighted by atomic mass is 9.96. The number of nitrogens with one attached hydrogen (secondary N) is 1. The van der Waals surface area contributed by atoms with Crippen LogP contribution in [0.4, 0.5) is 8.78 Å². The summed E-state index contributed by atoms with van der Waals surface area (Å²) in [6, 6.07) is 9.40. The van der Waals surface area contributed by atoms with Crippen molar-refractivity contribution < 1.29 is 8.78 Å². The van der Waals surface area contributed by atoms with Gasteiger partial charge < -0.3 is 5.32 Å². The Hall–Kier alpha value is -1.45. The molecule has 0 radical (unpaired) electrons. The van der Waals surface area contributed by atoms with Gasteiger partial charge in [0.05, 0.1) is 0 Å². The van der Waals surface area contributed by atoms with Gasteiger partial charge >= 0.3 is 0 Å². The molecule has 4 heteroatoms. The first-order valence-corrected chi connectivity index (χ1v) is 7.33.